The summed E-state index contributed by atoms with van der Waals surface area (Å²) >= 11 is 0. The highest BCUT2D eigenvalue weighted by Crippen LogP contribution is 2.34. The maximum atomic E-state index is 12.6. The molecule has 0 aliphatic heterocycles. The number of fused-ring (bicyclic) bond motifs is 1. The van der Waals surface area contributed by atoms with E-state index in [4.69, 9.17) is 4.74 Å². The summed E-state index contributed by atoms with van der Waals surface area (Å²) in [6.45, 7) is 2.28. The molecule has 0 bridgehead atoms. The van der Waals surface area contributed by atoms with Gasteiger partial charge in [0, 0.05) is 22.3 Å². The van der Waals surface area contributed by atoms with Crippen molar-refractivity contribution in [3.8, 4) is 5.75 Å². The number of carbonyl (C=O) groups excluding carboxylic acids is 2. The molecule has 116 valence electrons. The molecule has 1 aliphatic rings. The highest BCUT2D eigenvalue weighted by atomic mass is 16.5. The third-order valence-electron chi connectivity index (χ3n) is 3.79. The lowest BCUT2D eigenvalue weighted by Crippen LogP contribution is -2.21. The van der Waals surface area contributed by atoms with E-state index in [9.17, 15) is 14.7 Å². The Morgan fingerprint density at radius 3 is 2.39 bits per heavy atom. The van der Waals surface area contributed by atoms with Crippen molar-refractivity contribution in [3.05, 3.63) is 76.9 Å². The molecule has 0 spiro atoms. The highest BCUT2D eigenvalue weighted by Gasteiger charge is 2.31. The molecule has 4 heteroatoms. The first-order valence-corrected chi connectivity index (χ1v) is 7.43. The first-order chi connectivity index (χ1) is 11.1. The van der Waals surface area contributed by atoms with Gasteiger partial charge in [0.2, 0.25) is 0 Å². The smallest absolute Gasteiger partial charge is 0.192 e. The number of hydrogen-bond donors (Lipinski definition) is 1. The van der Waals surface area contributed by atoms with Crippen molar-refractivity contribution < 1.29 is 19.4 Å². The summed E-state index contributed by atoms with van der Waals surface area (Å²) in [5.41, 5.74) is 1.23. The summed E-state index contributed by atoms with van der Waals surface area (Å²) in [6.07, 6.45) is 0.0143. The number of aliphatic hydroxyl groups excluding tert-OH is 1. The molecule has 0 radical (unpaired) electrons. The van der Waals surface area contributed by atoms with Crippen molar-refractivity contribution in [1.29, 1.82) is 0 Å². The number of ether oxygens (including phenoxy) is 1. The standard InChI is InChI=1S/C19H16O4/c1-2-23-17-10-6-5-9-14(17)19(22)15-11-16(20)12-7-3-4-8-13(12)18(15)21/h3-11,19,22H,2H2,1H3/t19-/m1/s1. The van der Waals surface area contributed by atoms with Crippen LogP contribution < -0.4 is 4.74 Å². The molecule has 0 heterocycles. The first kappa shape index (κ1) is 15.2. The average molecular weight is 308 g/mol. The molecule has 0 fully saturated rings. The lowest BCUT2D eigenvalue weighted by molar-refractivity contribution is 0.0945. The largest absolute Gasteiger partial charge is 0.493 e. The summed E-state index contributed by atoms with van der Waals surface area (Å²) in [5.74, 6) is -0.107. The second-order valence-corrected chi connectivity index (χ2v) is 5.21. The molecular weight excluding hydrogens is 292 g/mol. The molecule has 0 unspecified atom stereocenters. The highest BCUT2D eigenvalue weighted by molar-refractivity contribution is 6.24. The Labute approximate surface area is 134 Å². The zero-order valence-electron chi connectivity index (χ0n) is 12.7. The molecular formula is C19H16O4. The van der Waals surface area contributed by atoms with Crippen LogP contribution in [-0.4, -0.2) is 23.3 Å². The van der Waals surface area contributed by atoms with Gasteiger partial charge in [-0.25, -0.2) is 0 Å². The normalized spacial score (nSPS) is 15.0. The van der Waals surface area contributed by atoms with E-state index in [0.29, 0.717) is 29.0 Å². The maximum Gasteiger partial charge on any atom is 0.192 e. The number of rotatable bonds is 4. The van der Waals surface area contributed by atoms with E-state index >= 15 is 0 Å². The van der Waals surface area contributed by atoms with Gasteiger partial charge in [0.05, 0.1) is 6.61 Å². The van der Waals surface area contributed by atoms with Crippen LogP contribution in [0.2, 0.25) is 0 Å². The van der Waals surface area contributed by atoms with Gasteiger partial charge in [-0.3, -0.25) is 9.59 Å². The van der Waals surface area contributed by atoms with Gasteiger partial charge in [0.1, 0.15) is 11.9 Å². The predicted molar refractivity (Wildman–Crippen MR) is 85.8 cm³/mol. The van der Waals surface area contributed by atoms with Crippen LogP contribution in [0.15, 0.2) is 60.2 Å². The molecule has 1 atom stereocenters. The minimum absolute atomic E-state index is 0.0702. The zero-order chi connectivity index (χ0) is 16.4. The molecule has 23 heavy (non-hydrogen) atoms. The molecule has 3 rings (SSSR count). The molecule has 1 aliphatic carbocycles. The Balaban J connectivity index is 2.03. The zero-order valence-corrected chi connectivity index (χ0v) is 12.7. The van der Waals surface area contributed by atoms with Crippen LogP contribution in [-0.2, 0) is 0 Å². The Bertz CT molecular complexity index is 805. The van der Waals surface area contributed by atoms with E-state index in [2.05, 4.69) is 0 Å². The number of Topliss-reactive ketones (excluding diaryl/α,β-unsaturated/α-hetero) is 1. The third kappa shape index (κ3) is 2.69. The van der Waals surface area contributed by atoms with Crippen molar-refractivity contribution in [1.82, 2.24) is 0 Å². The number of benzene rings is 2. The van der Waals surface area contributed by atoms with Crippen LogP contribution in [0.4, 0.5) is 0 Å². The Morgan fingerprint density at radius 1 is 1.00 bits per heavy atom. The van der Waals surface area contributed by atoms with Gasteiger partial charge in [-0.1, -0.05) is 42.5 Å². The van der Waals surface area contributed by atoms with Crippen LogP contribution in [0, 0.1) is 0 Å². The molecule has 0 aromatic heterocycles. The molecule has 1 N–H and O–H groups in total. The lowest BCUT2D eigenvalue weighted by Gasteiger charge is -2.21. The van der Waals surface area contributed by atoms with Crippen LogP contribution >= 0.6 is 0 Å². The molecule has 2 aromatic rings. The van der Waals surface area contributed by atoms with E-state index in [0.717, 1.165) is 0 Å². The van der Waals surface area contributed by atoms with Gasteiger partial charge >= 0.3 is 0 Å². The molecule has 0 saturated carbocycles. The summed E-state index contributed by atoms with van der Waals surface area (Å²) in [5, 5.41) is 10.6. The maximum absolute atomic E-state index is 12.6. The van der Waals surface area contributed by atoms with E-state index in [1.807, 2.05) is 6.92 Å². The summed E-state index contributed by atoms with van der Waals surface area (Å²) in [4.78, 5) is 24.8. The SMILES string of the molecule is CCOc1ccccc1[C@@H](O)C1=CC(=O)c2ccccc2C1=O. The second-order valence-electron chi connectivity index (χ2n) is 5.21. The molecule has 0 amide bonds. The number of hydrogen-bond acceptors (Lipinski definition) is 4. The summed E-state index contributed by atoms with van der Waals surface area (Å²) < 4.78 is 5.50. The summed E-state index contributed by atoms with van der Waals surface area (Å²) in [7, 11) is 0. The molecule has 0 saturated heterocycles. The minimum atomic E-state index is -1.21. The fourth-order valence-corrected chi connectivity index (χ4v) is 2.70. The van der Waals surface area contributed by atoms with Gasteiger partial charge in [0.25, 0.3) is 0 Å². The van der Waals surface area contributed by atoms with Crippen LogP contribution in [0.25, 0.3) is 0 Å². The van der Waals surface area contributed by atoms with E-state index < -0.39 is 6.10 Å². The fourth-order valence-electron chi connectivity index (χ4n) is 2.70. The third-order valence-corrected chi connectivity index (χ3v) is 3.79. The predicted octanol–water partition coefficient (Wildman–Crippen LogP) is 3.12. The molecule has 2 aromatic carbocycles. The number of allylic oxidation sites excluding steroid dienone is 1. The quantitative estimate of drug-likeness (QED) is 0.942. The Morgan fingerprint density at radius 2 is 1.65 bits per heavy atom. The first-order valence-electron chi connectivity index (χ1n) is 7.43. The van der Waals surface area contributed by atoms with Gasteiger partial charge in [-0.15, -0.1) is 0 Å². The number of ketones is 2. The number of carbonyl (C=O) groups is 2. The van der Waals surface area contributed by atoms with Gasteiger partial charge in [-0.2, -0.15) is 0 Å². The van der Waals surface area contributed by atoms with Gasteiger partial charge in [0.15, 0.2) is 11.6 Å². The van der Waals surface area contributed by atoms with Crippen LogP contribution in [0.1, 0.15) is 39.3 Å². The van der Waals surface area contributed by atoms with Crippen molar-refractivity contribution in [2.75, 3.05) is 6.61 Å². The fraction of sp³-hybridized carbons (Fsp3) is 0.158. The Hall–Kier alpha value is -2.72. The van der Waals surface area contributed by atoms with Crippen molar-refractivity contribution in [3.63, 3.8) is 0 Å². The van der Waals surface area contributed by atoms with E-state index in [-0.39, 0.29) is 17.1 Å². The Kier molecular flexibility index (Phi) is 4.08. The lowest BCUT2D eigenvalue weighted by atomic mass is 9.85. The van der Waals surface area contributed by atoms with Crippen molar-refractivity contribution in [2.45, 2.75) is 13.0 Å². The molecule has 4 nitrogen and oxygen atoms in total. The van der Waals surface area contributed by atoms with Crippen molar-refractivity contribution >= 4 is 11.6 Å². The second kappa shape index (κ2) is 6.18. The van der Waals surface area contributed by atoms with E-state index in [1.165, 1.54) is 6.08 Å². The van der Waals surface area contributed by atoms with E-state index in [1.54, 1.807) is 48.5 Å². The summed E-state index contributed by atoms with van der Waals surface area (Å²) in [6, 6.07) is 13.6. The number of para-hydroxylation sites is 1. The van der Waals surface area contributed by atoms with Gasteiger partial charge in [-0.05, 0) is 19.1 Å². The van der Waals surface area contributed by atoms with Crippen molar-refractivity contribution in [2.24, 2.45) is 0 Å². The van der Waals surface area contributed by atoms with Crippen LogP contribution in [0.5, 0.6) is 5.75 Å². The topological polar surface area (TPSA) is 63.6 Å². The van der Waals surface area contributed by atoms with Crippen LogP contribution in [0.3, 0.4) is 0 Å². The number of aliphatic hydroxyl groups is 1. The monoisotopic (exact) mass is 308 g/mol. The average Bonchev–Trinajstić information content (AvgIpc) is 2.58. The van der Waals surface area contributed by atoms with Gasteiger partial charge < -0.3 is 9.84 Å². The minimum Gasteiger partial charge on any atom is -0.493 e.